The Labute approximate surface area is 99.3 Å². The van der Waals surface area contributed by atoms with Crippen molar-refractivity contribution in [3.05, 3.63) is 46.5 Å². The van der Waals surface area contributed by atoms with E-state index in [-0.39, 0.29) is 6.61 Å². The fraction of sp³-hybridized carbons (Fsp3) is 0.250. The third-order valence-corrected chi connectivity index (χ3v) is 2.96. The van der Waals surface area contributed by atoms with Gasteiger partial charge in [-0.05, 0) is 32.0 Å². The normalized spacial score (nSPS) is 10.8. The van der Waals surface area contributed by atoms with Gasteiger partial charge in [0, 0.05) is 16.3 Å². The molecule has 0 radical (unpaired) electrons. The number of aromatic nitrogens is 2. The van der Waals surface area contributed by atoms with Gasteiger partial charge in [-0.25, -0.2) is 4.98 Å². The largest absolute Gasteiger partial charge is 0.392 e. The maximum Gasteiger partial charge on any atom is 0.0997 e. The topological polar surface area (TPSA) is 38.0 Å². The lowest BCUT2D eigenvalue weighted by molar-refractivity contribution is 0.281. The summed E-state index contributed by atoms with van der Waals surface area (Å²) in [5.74, 6) is 0. The first-order valence-corrected chi connectivity index (χ1v) is 5.41. The molecular weight excluding hydrogens is 224 g/mol. The monoisotopic (exact) mass is 236 g/mol. The molecule has 0 atom stereocenters. The van der Waals surface area contributed by atoms with Gasteiger partial charge in [0.05, 0.1) is 24.3 Å². The van der Waals surface area contributed by atoms with Gasteiger partial charge in [-0.2, -0.15) is 0 Å². The van der Waals surface area contributed by atoms with Crippen LogP contribution in [-0.2, 0) is 6.61 Å². The predicted molar refractivity (Wildman–Crippen MR) is 64.0 cm³/mol. The van der Waals surface area contributed by atoms with Crippen LogP contribution in [-0.4, -0.2) is 14.7 Å². The Morgan fingerprint density at radius 1 is 1.38 bits per heavy atom. The SMILES string of the molecule is Cc1ncn(-c2ccc(Cl)cc2CO)c1C. The van der Waals surface area contributed by atoms with Gasteiger partial charge in [0.1, 0.15) is 0 Å². The summed E-state index contributed by atoms with van der Waals surface area (Å²) in [5, 5.41) is 9.94. The highest BCUT2D eigenvalue weighted by Gasteiger charge is 2.08. The molecule has 0 bridgehead atoms. The van der Waals surface area contributed by atoms with Crippen LogP contribution in [0.3, 0.4) is 0 Å². The first kappa shape index (κ1) is 11.2. The van der Waals surface area contributed by atoms with E-state index in [1.54, 1.807) is 12.4 Å². The summed E-state index contributed by atoms with van der Waals surface area (Å²) in [5.41, 5.74) is 3.77. The highest BCUT2D eigenvalue weighted by molar-refractivity contribution is 6.30. The zero-order chi connectivity index (χ0) is 11.7. The predicted octanol–water partition coefficient (Wildman–Crippen LogP) is 2.63. The maximum absolute atomic E-state index is 9.31. The van der Waals surface area contributed by atoms with Crippen molar-refractivity contribution in [1.82, 2.24) is 9.55 Å². The Morgan fingerprint density at radius 3 is 2.69 bits per heavy atom. The van der Waals surface area contributed by atoms with Crippen LogP contribution in [0.5, 0.6) is 0 Å². The van der Waals surface area contributed by atoms with E-state index in [9.17, 15) is 5.11 Å². The molecule has 0 saturated carbocycles. The fourth-order valence-electron chi connectivity index (χ4n) is 1.66. The quantitative estimate of drug-likeness (QED) is 0.871. The van der Waals surface area contributed by atoms with Crippen molar-refractivity contribution < 1.29 is 5.11 Å². The minimum Gasteiger partial charge on any atom is -0.392 e. The van der Waals surface area contributed by atoms with E-state index < -0.39 is 0 Å². The van der Waals surface area contributed by atoms with Crippen LogP contribution in [0, 0.1) is 13.8 Å². The number of nitrogens with zero attached hydrogens (tertiary/aromatic N) is 2. The molecule has 1 aromatic heterocycles. The molecule has 0 unspecified atom stereocenters. The van der Waals surface area contributed by atoms with Crippen molar-refractivity contribution in [2.24, 2.45) is 0 Å². The number of halogens is 1. The number of hydrogen-bond donors (Lipinski definition) is 1. The summed E-state index contributed by atoms with van der Waals surface area (Å²) in [7, 11) is 0. The van der Waals surface area contributed by atoms with Crippen molar-refractivity contribution >= 4 is 11.6 Å². The molecule has 0 amide bonds. The van der Waals surface area contributed by atoms with E-state index in [2.05, 4.69) is 4.98 Å². The summed E-state index contributed by atoms with van der Waals surface area (Å²) in [6.45, 7) is 3.92. The van der Waals surface area contributed by atoms with Gasteiger partial charge in [0.2, 0.25) is 0 Å². The molecule has 2 rings (SSSR count). The number of hydrogen-bond acceptors (Lipinski definition) is 2. The molecule has 1 N–H and O–H groups in total. The molecule has 84 valence electrons. The molecule has 16 heavy (non-hydrogen) atoms. The summed E-state index contributed by atoms with van der Waals surface area (Å²) < 4.78 is 1.96. The Balaban J connectivity index is 2.59. The highest BCUT2D eigenvalue weighted by atomic mass is 35.5. The summed E-state index contributed by atoms with van der Waals surface area (Å²) >= 11 is 5.89. The second-order valence-corrected chi connectivity index (χ2v) is 4.15. The van der Waals surface area contributed by atoms with E-state index in [1.807, 2.05) is 30.5 Å². The van der Waals surface area contributed by atoms with E-state index in [0.717, 1.165) is 22.6 Å². The summed E-state index contributed by atoms with van der Waals surface area (Å²) in [6.07, 6.45) is 1.76. The van der Waals surface area contributed by atoms with Crippen LogP contribution in [0.4, 0.5) is 0 Å². The molecule has 0 aliphatic rings. The van der Waals surface area contributed by atoms with Crippen LogP contribution in [0.2, 0.25) is 5.02 Å². The van der Waals surface area contributed by atoms with Crippen molar-refractivity contribution in [2.45, 2.75) is 20.5 Å². The lowest BCUT2D eigenvalue weighted by atomic mass is 10.2. The van der Waals surface area contributed by atoms with E-state index in [0.29, 0.717) is 5.02 Å². The van der Waals surface area contributed by atoms with Gasteiger partial charge < -0.3 is 9.67 Å². The third-order valence-electron chi connectivity index (χ3n) is 2.72. The molecule has 3 nitrogen and oxygen atoms in total. The molecular formula is C12H13ClN2O. The van der Waals surface area contributed by atoms with Gasteiger partial charge in [-0.15, -0.1) is 0 Å². The minimum absolute atomic E-state index is 0.0352. The third kappa shape index (κ3) is 1.84. The Bertz CT molecular complexity index is 520. The first-order valence-electron chi connectivity index (χ1n) is 5.03. The van der Waals surface area contributed by atoms with Gasteiger partial charge >= 0.3 is 0 Å². The van der Waals surface area contributed by atoms with Crippen LogP contribution >= 0.6 is 11.6 Å². The number of aliphatic hydroxyl groups is 1. The van der Waals surface area contributed by atoms with Crippen LogP contribution in [0.1, 0.15) is 17.0 Å². The fourth-order valence-corrected chi connectivity index (χ4v) is 1.85. The van der Waals surface area contributed by atoms with E-state index in [1.165, 1.54) is 0 Å². The Kier molecular flexibility index (Phi) is 2.99. The Hall–Kier alpha value is -1.32. The smallest absolute Gasteiger partial charge is 0.0997 e. The van der Waals surface area contributed by atoms with Crippen LogP contribution < -0.4 is 0 Å². The molecule has 0 aliphatic carbocycles. The van der Waals surface area contributed by atoms with Crippen molar-refractivity contribution in [3.63, 3.8) is 0 Å². The summed E-state index contributed by atoms with van der Waals surface area (Å²) in [6, 6.07) is 5.47. The maximum atomic E-state index is 9.31. The molecule has 0 spiro atoms. The van der Waals surface area contributed by atoms with E-state index >= 15 is 0 Å². The molecule has 4 heteroatoms. The van der Waals surface area contributed by atoms with Gasteiger partial charge in [-0.1, -0.05) is 11.6 Å². The minimum atomic E-state index is -0.0352. The van der Waals surface area contributed by atoms with Crippen LogP contribution in [0.25, 0.3) is 5.69 Å². The Morgan fingerprint density at radius 2 is 2.12 bits per heavy atom. The molecule has 1 aromatic carbocycles. The molecule has 0 saturated heterocycles. The second kappa shape index (κ2) is 4.28. The number of aliphatic hydroxyl groups excluding tert-OH is 1. The number of rotatable bonds is 2. The lowest BCUT2D eigenvalue weighted by Crippen LogP contribution is -2.00. The highest BCUT2D eigenvalue weighted by Crippen LogP contribution is 2.22. The van der Waals surface area contributed by atoms with E-state index in [4.69, 9.17) is 11.6 Å². The average Bonchev–Trinajstić information content (AvgIpc) is 2.60. The standard InChI is InChI=1S/C12H13ClN2O/c1-8-9(2)15(7-14-8)12-4-3-11(13)5-10(12)6-16/h3-5,7,16H,6H2,1-2H3. The lowest BCUT2D eigenvalue weighted by Gasteiger charge is -2.10. The molecule has 0 aliphatic heterocycles. The van der Waals surface area contributed by atoms with Crippen molar-refractivity contribution in [1.29, 1.82) is 0 Å². The van der Waals surface area contributed by atoms with Crippen molar-refractivity contribution in [2.75, 3.05) is 0 Å². The second-order valence-electron chi connectivity index (χ2n) is 3.72. The first-order chi connectivity index (χ1) is 7.63. The molecule has 1 heterocycles. The number of aryl methyl sites for hydroxylation is 1. The average molecular weight is 237 g/mol. The molecule has 2 aromatic rings. The van der Waals surface area contributed by atoms with Crippen molar-refractivity contribution in [3.8, 4) is 5.69 Å². The molecule has 0 fully saturated rings. The van der Waals surface area contributed by atoms with Crippen LogP contribution in [0.15, 0.2) is 24.5 Å². The zero-order valence-electron chi connectivity index (χ0n) is 9.24. The number of imidazole rings is 1. The van der Waals surface area contributed by atoms with Gasteiger partial charge in [0.15, 0.2) is 0 Å². The number of benzene rings is 1. The summed E-state index contributed by atoms with van der Waals surface area (Å²) in [4.78, 5) is 4.24. The zero-order valence-corrected chi connectivity index (χ0v) is 9.99. The van der Waals surface area contributed by atoms with Gasteiger partial charge in [-0.3, -0.25) is 0 Å². The van der Waals surface area contributed by atoms with Gasteiger partial charge in [0.25, 0.3) is 0 Å².